The Bertz CT molecular complexity index is 1250. The topological polar surface area (TPSA) is 44.1 Å². The molecule has 1 aliphatic rings. The van der Waals surface area contributed by atoms with Gasteiger partial charge in [0.05, 0.1) is 18.4 Å². The van der Waals surface area contributed by atoms with Gasteiger partial charge in [-0.15, -0.1) is 0 Å². The first-order chi connectivity index (χ1) is 15.2. The van der Waals surface area contributed by atoms with E-state index in [1.165, 1.54) is 42.0 Å². The molecular formula is C27H26N2O2. The van der Waals surface area contributed by atoms with Gasteiger partial charge in [-0.1, -0.05) is 36.4 Å². The van der Waals surface area contributed by atoms with E-state index in [0.717, 1.165) is 23.4 Å². The van der Waals surface area contributed by atoms with Gasteiger partial charge in [0.25, 0.3) is 0 Å². The highest BCUT2D eigenvalue weighted by Crippen LogP contribution is 2.40. The number of esters is 1. The van der Waals surface area contributed by atoms with E-state index in [1.807, 2.05) is 18.3 Å². The smallest absolute Gasteiger partial charge is 0.339 e. The maximum Gasteiger partial charge on any atom is 0.339 e. The van der Waals surface area contributed by atoms with E-state index < -0.39 is 0 Å². The molecule has 2 aromatic heterocycles. The van der Waals surface area contributed by atoms with Crippen LogP contribution in [0.1, 0.15) is 52.9 Å². The fourth-order valence-electron chi connectivity index (χ4n) is 4.33. The Morgan fingerprint density at radius 1 is 1.13 bits per heavy atom. The maximum absolute atomic E-state index is 12.4. The molecule has 2 heterocycles. The summed E-state index contributed by atoms with van der Waals surface area (Å²) in [5, 5.41) is 1.22. The van der Waals surface area contributed by atoms with Crippen LogP contribution in [0.2, 0.25) is 0 Å². The number of aryl methyl sites for hydroxylation is 1. The van der Waals surface area contributed by atoms with Crippen LogP contribution in [-0.2, 0) is 17.7 Å². The molecule has 31 heavy (non-hydrogen) atoms. The molecule has 5 rings (SSSR count). The van der Waals surface area contributed by atoms with E-state index in [2.05, 4.69) is 65.1 Å². The fourth-order valence-corrected chi connectivity index (χ4v) is 4.33. The summed E-state index contributed by atoms with van der Waals surface area (Å²) >= 11 is 0. The Balaban J connectivity index is 1.56. The third-order valence-electron chi connectivity index (χ3n) is 6.19. The van der Waals surface area contributed by atoms with Crippen molar-refractivity contribution in [3.05, 3.63) is 89.4 Å². The number of fused-ring (bicyclic) bond motifs is 1. The molecule has 0 unspecified atom stereocenters. The second kappa shape index (κ2) is 8.03. The van der Waals surface area contributed by atoms with Gasteiger partial charge in [-0.3, -0.25) is 4.98 Å². The summed E-state index contributed by atoms with van der Waals surface area (Å²) in [6.07, 6.45) is 7.11. The summed E-state index contributed by atoms with van der Waals surface area (Å²) in [5.41, 5.74) is 7.29. The van der Waals surface area contributed by atoms with Crippen molar-refractivity contribution < 1.29 is 9.53 Å². The summed E-state index contributed by atoms with van der Waals surface area (Å²) in [6, 6.07) is 19.0. The Hall–Kier alpha value is -3.40. The molecule has 0 spiro atoms. The Kier molecular flexibility index (Phi) is 5.06. The van der Waals surface area contributed by atoms with Gasteiger partial charge >= 0.3 is 5.97 Å². The van der Waals surface area contributed by atoms with E-state index in [4.69, 9.17) is 4.74 Å². The van der Waals surface area contributed by atoms with Crippen molar-refractivity contribution >= 4 is 16.9 Å². The quantitative estimate of drug-likeness (QED) is 0.367. The number of nitrogens with zero attached hydrogens (tertiary/aromatic N) is 2. The average molecular weight is 411 g/mol. The molecule has 0 atom stereocenters. The monoisotopic (exact) mass is 410 g/mol. The van der Waals surface area contributed by atoms with Crippen molar-refractivity contribution in [1.29, 1.82) is 0 Å². The minimum atomic E-state index is -0.312. The van der Waals surface area contributed by atoms with Crippen molar-refractivity contribution in [3.63, 3.8) is 0 Å². The van der Waals surface area contributed by atoms with Crippen molar-refractivity contribution in [2.75, 3.05) is 7.11 Å². The maximum atomic E-state index is 12.4. The number of aromatic nitrogens is 2. The predicted octanol–water partition coefficient (Wildman–Crippen LogP) is 5.98. The van der Waals surface area contributed by atoms with Gasteiger partial charge in [0.2, 0.25) is 0 Å². The fraction of sp³-hybridized carbons (Fsp3) is 0.259. The number of benzene rings is 2. The van der Waals surface area contributed by atoms with Gasteiger partial charge in [-0.2, -0.15) is 0 Å². The van der Waals surface area contributed by atoms with Gasteiger partial charge in [-0.05, 0) is 60.6 Å². The lowest BCUT2D eigenvalue weighted by Gasteiger charge is -2.10. The van der Waals surface area contributed by atoms with Crippen LogP contribution in [0.5, 0.6) is 0 Å². The van der Waals surface area contributed by atoms with Crippen molar-refractivity contribution in [1.82, 2.24) is 9.55 Å². The first-order valence-electron chi connectivity index (χ1n) is 10.9. The molecule has 1 saturated carbocycles. The average Bonchev–Trinajstić information content (AvgIpc) is 3.60. The van der Waals surface area contributed by atoms with E-state index in [1.54, 1.807) is 0 Å². The zero-order valence-corrected chi connectivity index (χ0v) is 18.0. The van der Waals surface area contributed by atoms with Gasteiger partial charge in [0.15, 0.2) is 0 Å². The lowest BCUT2D eigenvalue weighted by Crippen LogP contribution is -2.09. The summed E-state index contributed by atoms with van der Waals surface area (Å²) in [7, 11) is 1.43. The number of hydrogen-bond donors (Lipinski definition) is 0. The molecule has 0 bridgehead atoms. The highest BCUT2D eigenvalue weighted by molar-refractivity contribution is 5.96. The summed E-state index contributed by atoms with van der Waals surface area (Å²) in [4.78, 5) is 17.1. The van der Waals surface area contributed by atoms with Gasteiger partial charge in [0, 0.05) is 41.8 Å². The molecule has 0 amide bonds. The molecule has 0 N–H and O–H groups in total. The SMILES string of the molecule is CCn1cc(-c2ccccc2)c2cc(Cc3ncc(C4CC4)cc3C(=O)OC)ccc21. The minimum Gasteiger partial charge on any atom is -0.465 e. The van der Waals surface area contributed by atoms with E-state index in [-0.39, 0.29) is 5.97 Å². The molecule has 2 aromatic carbocycles. The first kappa shape index (κ1) is 19.6. The van der Waals surface area contributed by atoms with Crippen LogP contribution < -0.4 is 0 Å². The lowest BCUT2D eigenvalue weighted by atomic mass is 9.99. The number of pyridine rings is 1. The number of rotatable bonds is 6. The van der Waals surface area contributed by atoms with Gasteiger partial charge in [0.1, 0.15) is 0 Å². The number of hydrogen-bond acceptors (Lipinski definition) is 3. The van der Waals surface area contributed by atoms with Crippen LogP contribution >= 0.6 is 0 Å². The highest BCUT2D eigenvalue weighted by atomic mass is 16.5. The summed E-state index contributed by atoms with van der Waals surface area (Å²) in [6.45, 7) is 3.08. The molecule has 156 valence electrons. The molecule has 0 aliphatic heterocycles. The molecular weight excluding hydrogens is 384 g/mol. The molecule has 1 aliphatic carbocycles. The van der Waals surface area contributed by atoms with Crippen LogP contribution in [0.15, 0.2) is 67.0 Å². The van der Waals surface area contributed by atoms with E-state index >= 15 is 0 Å². The molecule has 4 nitrogen and oxygen atoms in total. The minimum absolute atomic E-state index is 0.312. The van der Waals surface area contributed by atoms with Crippen molar-refractivity contribution in [3.8, 4) is 11.1 Å². The largest absolute Gasteiger partial charge is 0.465 e. The third-order valence-corrected chi connectivity index (χ3v) is 6.19. The Morgan fingerprint density at radius 2 is 1.94 bits per heavy atom. The van der Waals surface area contributed by atoms with Crippen LogP contribution in [0.25, 0.3) is 22.0 Å². The van der Waals surface area contributed by atoms with Crippen LogP contribution in [0.3, 0.4) is 0 Å². The van der Waals surface area contributed by atoms with Gasteiger partial charge < -0.3 is 9.30 Å². The second-order valence-electron chi connectivity index (χ2n) is 8.25. The Labute approximate surface area is 182 Å². The Morgan fingerprint density at radius 3 is 2.65 bits per heavy atom. The zero-order valence-electron chi connectivity index (χ0n) is 18.0. The van der Waals surface area contributed by atoms with Crippen LogP contribution in [0, 0.1) is 0 Å². The van der Waals surface area contributed by atoms with E-state index in [9.17, 15) is 4.79 Å². The first-order valence-corrected chi connectivity index (χ1v) is 10.9. The van der Waals surface area contributed by atoms with Crippen LogP contribution in [-0.4, -0.2) is 22.6 Å². The lowest BCUT2D eigenvalue weighted by molar-refractivity contribution is 0.0599. The number of methoxy groups -OCH3 is 1. The predicted molar refractivity (Wildman–Crippen MR) is 123 cm³/mol. The van der Waals surface area contributed by atoms with Crippen LogP contribution in [0.4, 0.5) is 0 Å². The molecule has 1 fully saturated rings. The summed E-state index contributed by atoms with van der Waals surface area (Å²) in [5.74, 6) is 0.233. The van der Waals surface area contributed by atoms with Crippen molar-refractivity contribution in [2.45, 2.75) is 38.6 Å². The number of carbonyl (C=O) groups excluding carboxylic acids is 1. The molecule has 0 radical (unpaired) electrons. The third kappa shape index (κ3) is 3.74. The molecule has 4 heteroatoms. The standard InChI is InChI=1S/C27H26N2O2/c1-3-29-17-24(20-7-5-4-6-8-20)22-13-18(9-12-26(22)29)14-25-23(27(30)31-2)15-21(16-28-25)19-10-11-19/h4-9,12-13,15-17,19H,3,10-11,14H2,1-2H3. The van der Waals surface area contributed by atoms with Crippen molar-refractivity contribution in [2.24, 2.45) is 0 Å². The molecule has 0 saturated heterocycles. The highest BCUT2D eigenvalue weighted by Gasteiger charge is 2.26. The number of ether oxygens (including phenoxy) is 1. The summed E-state index contributed by atoms with van der Waals surface area (Å²) < 4.78 is 7.33. The normalized spacial score (nSPS) is 13.5. The second-order valence-corrected chi connectivity index (χ2v) is 8.25. The number of carbonyl (C=O) groups is 1. The zero-order chi connectivity index (χ0) is 21.4. The van der Waals surface area contributed by atoms with Gasteiger partial charge in [-0.25, -0.2) is 4.79 Å². The molecule has 4 aromatic rings. The van der Waals surface area contributed by atoms with E-state index in [0.29, 0.717) is 17.9 Å².